The van der Waals surface area contributed by atoms with Crippen LogP contribution >= 0.6 is 0 Å². The number of ether oxygens (including phenoxy) is 1. The molecule has 0 atom stereocenters. The highest BCUT2D eigenvalue weighted by Crippen LogP contribution is 2.46. The van der Waals surface area contributed by atoms with Crippen molar-refractivity contribution in [2.45, 2.75) is 52.4 Å². The topological polar surface area (TPSA) is 57.3 Å². The van der Waals surface area contributed by atoms with E-state index in [1.54, 1.807) is 0 Å². The molecule has 6 nitrogen and oxygen atoms in total. The lowest BCUT2D eigenvalue weighted by molar-refractivity contribution is 0.479. The molecule has 0 unspecified atom stereocenters. The number of pyridine rings is 1. The normalized spacial score (nSPS) is 13.1. The molecular formula is C45H41N5O. The Morgan fingerprint density at radius 1 is 0.608 bits per heavy atom. The highest BCUT2D eigenvalue weighted by atomic mass is 16.5. The maximum absolute atomic E-state index is 9.37. The van der Waals surface area contributed by atoms with E-state index in [-0.39, 0.29) is 10.8 Å². The SMILES string of the molecule is CC(C)(C)c1cc(Oc2ccc3c4ccccc4n(-c4cc(C(C)(C)C)ccn4)c3c2)cc(N2CN(c3ccc(C#N)cc3)c3ccccc32)c1. The average molecular weight is 668 g/mol. The second-order valence-corrected chi connectivity index (χ2v) is 15.4. The van der Waals surface area contributed by atoms with E-state index in [9.17, 15) is 5.26 Å². The number of nitriles is 1. The Morgan fingerprint density at radius 3 is 1.98 bits per heavy atom. The van der Waals surface area contributed by atoms with E-state index in [4.69, 9.17) is 9.72 Å². The predicted octanol–water partition coefficient (Wildman–Crippen LogP) is 11.7. The van der Waals surface area contributed by atoms with Gasteiger partial charge in [-0.2, -0.15) is 5.26 Å². The van der Waals surface area contributed by atoms with E-state index in [2.05, 4.69) is 159 Å². The van der Waals surface area contributed by atoms with Gasteiger partial charge in [0.15, 0.2) is 0 Å². The molecule has 0 amide bonds. The molecule has 1 aliphatic rings. The first-order valence-corrected chi connectivity index (χ1v) is 17.5. The maximum Gasteiger partial charge on any atom is 0.137 e. The Bertz CT molecular complexity index is 2470. The third kappa shape index (κ3) is 5.85. The zero-order valence-corrected chi connectivity index (χ0v) is 30.0. The van der Waals surface area contributed by atoms with E-state index in [0.717, 1.165) is 56.5 Å². The molecule has 0 radical (unpaired) electrons. The van der Waals surface area contributed by atoms with Gasteiger partial charge < -0.3 is 14.5 Å². The molecule has 2 aromatic heterocycles. The first-order chi connectivity index (χ1) is 24.5. The van der Waals surface area contributed by atoms with Crippen molar-refractivity contribution in [3.05, 3.63) is 144 Å². The number of benzene rings is 5. The second kappa shape index (κ2) is 12.1. The smallest absolute Gasteiger partial charge is 0.137 e. The summed E-state index contributed by atoms with van der Waals surface area (Å²) in [6.45, 7) is 14.0. The summed E-state index contributed by atoms with van der Waals surface area (Å²) in [4.78, 5) is 9.48. The largest absolute Gasteiger partial charge is 0.457 e. The third-order valence-electron chi connectivity index (χ3n) is 9.84. The number of hydrogen-bond acceptors (Lipinski definition) is 5. The van der Waals surface area contributed by atoms with E-state index in [1.165, 1.54) is 16.5 Å². The highest BCUT2D eigenvalue weighted by Gasteiger charge is 2.29. The van der Waals surface area contributed by atoms with Crippen molar-refractivity contribution in [1.82, 2.24) is 9.55 Å². The van der Waals surface area contributed by atoms with Gasteiger partial charge in [0.2, 0.25) is 0 Å². The van der Waals surface area contributed by atoms with Gasteiger partial charge in [0, 0.05) is 40.5 Å². The van der Waals surface area contributed by atoms with Crippen molar-refractivity contribution >= 4 is 44.6 Å². The summed E-state index contributed by atoms with van der Waals surface area (Å²) >= 11 is 0. The fourth-order valence-electron chi connectivity index (χ4n) is 7.01. The second-order valence-electron chi connectivity index (χ2n) is 15.4. The van der Waals surface area contributed by atoms with Crippen LogP contribution in [-0.2, 0) is 10.8 Å². The van der Waals surface area contributed by atoms with Gasteiger partial charge in [-0.3, -0.25) is 4.57 Å². The monoisotopic (exact) mass is 667 g/mol. The molecule has 8 rings (SSSR count). The maximum atomic E-state index is 9.37. The van der Waals surface area contributed by atoms with Crippen LogP contribution in [-0.4, -0.2) is 16.2 Å². The van der Waals surface area contributed by atoms with Crippen LogP contribution in [0.5, 0.6) is 11.5 Å². The first kappa shape index (κ1) is 32.2. The predicted molar refractivity (Wildman–Crippen MR) is 209 cm³/mol. The molecule has 7 aromatic rings. The molecule has 252 valence electrons. The Morgan fingerprint density at radius 2 is 1.27 bits per heavy atom. The van der Waals surface area contributed by atoms with Crippen LogP contribution in [0.2, 0.25) is 0 Å². The Balaban J connectivity index is 1.21. The Kier molecular flexibility index (Phi) is 7.61. The molecule has 0 N–H and O–H groups in total. The third-order valence-corrected chi connectivity index (χ3v) is 9.84. The van der Waals surface area contributed by atoms with Gasteiger partial charge in [0.25, 0.3) is 0 Å². The van der Waals surface area contributed by atoms with E-state index >= 15 is 0 Å². The minimum absolute atomic E-state index is 0.00456. The van der Waals surface area contributed by atoms with Gasteiger partial charge in [0.05, 0.1) is 34.0 Å². The van der Waals surface area contributed by atoms with E-state index < -0.39 is 0 Å². The molecular weight excluding hydrogens is 627 g/mol. The van der Waals surface area contributed by atoms with Crippen LogP contribution in [0.3, 0.4) is 0 Å². The van der Waals surface area contributed by atoms with Crippen LogP contribution in [0.25, 0.3) is 27.6 Å². The molecule has 1 aliphatic heterocycles. The number of nitrogens with zero attached hydrogens (tertiary/aromatic N) is 5. The fraction of sp³-hybridized carbons (Fsp3) is 0.200. The van der Waals surface area contributed by atoms with Gasteiger partial charge in [-0.05, 0) is 101 Å². The summed E-state index contributed by atoms with van der Waals surface area (Å²) in [5, 5.41) is 11.7. The molecule has 0 fully saturated rings. The minimum Gasteiger partial charge on any atom is -0.457 e. The Hall–Kier alpha value is -6.06. The van der Waals surface area contributed by atoms with Crippen LogP contribution < -0.4 is 14.5 Å². The summed E-state index contributed by atoms with van der Waals surface area (Å²) < 4.78 is 9.06. The van der Waals surface area contributed by atoms with Crippen molar-refractivity contribution in [3.8, 4) is 23.4 Å². The molecule has 0 bridgehead atoms. The quantitative estimate of drug-likeness (QED) is 0.183. The van der Waals surface area contributed by atoms with Gasteiger partial charge in [-0.25, -0.2) is 4.98 Å². The number of para-hydroxylation sites is 3. The highest BCUT2D eigenvalue weighted by molar-refractivity contribution is 6.09. The molecule has 0 saturated carbocycles. The lowest BCUT2D eigenvalue weighted by Crippen LogP contribution is -2.24. The van der Waals surface area contributed by atoms with E-state index in [1.807, 2.05) is 30.5 Å². The minimum atomic E-state index is -0.111. The molecule has 5 aromatic carbocycles. The standard InChI is InChI=1S/C45H41N5O/c1-44(2,3)31-21-22-47-43(25-31)50-39-12-8-7-11-37(39)38-20-19-35(27-42(38)50)51-36-24-32(45(4,5)6)23-34(26-36)49-29-48(40-13-9-10-14-41(40)49)33-17-15-30(28-46)16-18-33/h7-27H,29H2,1-6H3. The lowest BCUT2D eigenvalue weighted by atomic mass is 9.86. The number of hydrogen-bond donors (Lipinski definition) is 0. The number of rotatable bonds is 5. The average Bonchev–Trinajstić information content (AvgIpc) is 3.67. The molecule has 0 spiro atoms. The van der Waals surface area contributed by atoms with Gasteiger partial charge in [-0.1, -0.05) is 71.9 Å². The van der Waals surface area contributed by atoms with Crippen LogP contribution in [0.15, 0.2) is 128 Å². The van der Waals surface area contributed by atoms with Crippen molar-refractivity contribution in [1.29, 1.82) is 5.26 Å². The molecule has 0 saturated heterocycles. The van der Waals surface area contributed by atoms with Crippen molar-refractivity contribution < 1.29 is 4.74 Å². The number of aromatic nitrogens is 2. The summed E-state index contributed by atoms with van der Waals surface area (Å²) in [5.74, 6) is 2.43. The van der Waals surface area contributed by atoms with Gasteiger partial charge >= 0.3 is 0 Å². The van der Waals surface area contributed by atoms with Crippen LogP contribution in [0.1, 0.15) is 58.2 Å². The van der Waals surface area contributed by atoms with Gasteiger partial charge in [-0.15, -0.1) is 0 Å². The Labute approximate surface area is 299 Å². The van der Waals surface area contributed by atoms with Crippen molar-refractivity contribution in [2.75, 3.05) is 16.5 Å². The zero-order chi connectivity index (χ0) is 35.5. The molecule has 51 heavy (non-hydrogen) atoms. The number of anilines is 4. The summed E-state index contributed by atoms with van der Waals surface area (Å²) in [6.07, 6.45) is 1.91. The summed E-state index contributed by atoms with van der Waals surface area (Å²) in [5.41, 5.74) is 9.44. The van der Waals surface area contributed by atoms with Crippen molar-refractivity contribution in [2.24, 2.45) is 0 Å². The molecule has 6 heteroatoms. The fourth-order valence-corrected chi connectivity index (χ4v) is 7.01. The number of fused-ring (bicyclic) bond motifs is 4. The summed E-state index contributed by atoms with van der Waals surface area (Å²) in [7, 11) is 0. The first-order valence-electron chi connectivity index (χ1n) is 17.5. The zero-order valence-electron chi connectivity index (χ0n) is 30.0. The lowest BCUT2D eigenvalue weighted by Gasteiger charge is -2.26. The van der Waals surface area contributed by atoms with E-state index in [0.29, 0.717) is 12.2 Å². The van der Waals surface area contributed by atoms with Crippen LogP contribution in [0.4, 0.5) is 22.7 Å². The summed E-state index contributed by atoms with van der Waals surface area (Å²) in [6, 6.07) is 44.3. The molecule has 3 heterocycles. The van der Waals surface area contributed by atoms with Gasteiger partial charge in [0.1, 0.15) is 24.0 Å². The molecule has 0 aliphatic carbocycles. The van der Waals surface area contributed by atoms with Crippen molar-refractivity contribution in [3.63, 3.8) is 0 Å². The van der Waals surface area contributed by atoms with Crippen LogP contribution in [0, 0.1) is 11.3 Å².